The van der Waals surface area contributed by atoms with E-state index >= 15 is 0 Å². The lowest BCUT2D eigenvalue weighted by Crippen LogP contribution is -2.55. The van der Waals surface area contributed by atoms with E-state index in [9.17, 15) is 0 Å². The molecule has 1 aromatic heterocycles. The Kier molecular flexibility index (Phi) is 7.64. The molecule has 67 heavy (non-hydrogen) atoms. The van der Waals surface area contributed by atoms with Crippen molar-refractivity contribution in [1.82, 2.24) is 0 Å². The Labute approximate surface area is 393 Å². The summed E-state index contributed by atoms with van der Waals surface area (Å²) in [6.07, 6.45) is 0. The summed E-state index contributed by atoms with van der Waals surface area (Å²) >= 11 is 0. The molecule has 0 spiro atoms. The second-order valence-electron chi connectivity index (χ2n) is 21.6. The fourth-order valence-corrected chi connectivity index (χ4v) is 12.8. The summed E-state index contributed by atoms with van der Waals surface area (Å²) in [6.45, 7) is 16.7. The van der Waals surface area contributed by atoms with E-state index in [0.29, 0.717) is 0 Å². The highest BCUT2D eigenvalue weighted by Crippen LogP contribution is 2.55. The number of benzene rings is 9. The third-order valence-corrected chi connectivity index (χ3v) is 16.2. The second kappa shape index (κ2) is 13.2. The first kappa shape index (κ1) is 38.9. The Morgan fingerprint density at radius 2 is 1.04 bits per heavy atom. The van der Waals surface area contributed by atoms with Gasteiger partial charge in [0.25, 0.3) is 0 Å². The first-order valence-corrected chi connectivity index (χ1v) is 24.0. The molecule has 4 aliphatic rings. The molecular weight excluding hydrogens is 810 g/mol. The van der Waals surface area contributed by atoms with Crippen LogP contribution in [0.4, 0.5) is 17.1 Å². The van der Waals surface area contributed by atoms with Gasteiger partial charge in [-0.3, -0.25) is 0 Å². The lowest BCUT2D eigenvalue weighted by molar-refractivity contribution is 0.590. The molecule has 0 atom stereocenters. The van der Waals surface area contributed by atoms with E-state index in [4.69, 9.17) is 4.42 Å². The monoisotopic (exact) mass is 859 g/mol. The van der Waals surface area contributed by atoms with Gasteiger partial charge in [0, 0.05) is 44.1 Å². The van der Waals surface area contributed by atoms with Crippen molar-refractivity contribution in [1.29, 1.82) is 0 Å². The number of anilines is 3. The Morgan fingerprint density at radius 1 is 0.418 bits per heavy atom. The minimum absolute atomic E-state index is 0.0333. The molecule has 0 saturated heterocycles. The van der Waals surface area contributed by atoms with Gasteiger partial charge in [0.05, 0.1) is 5.69 Å². The third kappa shape index (κ3) is 5.18. The van der Waals surface area contributed by atoms with Crippen LogP contribution in [-0.4, -0.2) is 6.71 Å². The SMILES string of the molecule is CC(C)(C)c1ccc(N2c3cc4c(cc3B3c5cc6c(cc5-c5cc(-c7cccc8c7oc7ccccc78)cc2c53)-c2ccccc2C6(C)C)C(C)(C)c2ccccc2-4)c(-c2ccccc2)c1. The van der Waals surface area contributed by atoms with Gasteiger partial charge in [-0.15, -0.1) is 0 Å². The second-order valence-corrected chi connectivity index (χ2v) is 21.6. The Balaban J connectivity index is 1.13. The molecule has 9 aromatic carbocycles. The molecule has 10 aromatic rings. The van der Waals surface area contributed by atoms with Crippen LogP contribution in [-0.2, 0) is 16.2 Å². The van der Waals surface area contributed by atoms with Gasteiger partial charge in [-0.25, -0.2) is 0 Å². The number of nitrogens with zero attached hydrogens (tertiary/aromatic N) is 1. The van der Waals surface area contributed by atoms with Gasteiger partial charge in [0.15, 0.2) is 0 Å². The van der Waals surface area contributed by atoms with Crippen LogP contribution in [0.15, 0.2) is 180 Å². The molecule has 2 nitrogen and oxygen atoms in total. The summed E-state index contributed by atoms with van der Waals surface area (Å²) in [7, 11) is 0. The van der Waals surface area contributed by atoms with Crippen LogP contribution in [0.25, 0.3) is 77.6 Å². The maximum absolute atomic E-state index is 6.84. The summed E-state index contributed by atoms with van der Waals surface area (Å²) < 4.78 is 6.84. The first-order chi connectivity index (χ1) is 32.4. The van der Waals surface area contributed by atoms with E-state index in [1.54, 1.807) is 0 Å². The minimum Gasteiger partial charge on any atom is -0.455 e. The minimum atomic E-state index is -0.156. The summed E-state index contributed by atoms with van der Waals surface area (Å²) in [5, 5.41) is 2.28. The molecule has 0 bridgehead atoms. The molecule has 3 heterocycles. The van der Waals surface area contributed by atoms with Crippen molar-refractivity contribution < 1.29 is 4.42 Å². The predicted octanol–water partition coefficient (Wildman–Crippen LogP) is 15.1. The van der Waals surface area contributed by atoms with Crippen LogP contribution >= 0.6 is 0 Å². The zero-order chi connectivity index (χ0) is 45.3. The molecule has 0 fully saturated rings. The van der Waals surface area contributed by atoms with Crippen LogP contribution < -0.4 is 21.3 Å². The molecule has 3 heteroatoms. The highest BCUT2D eigenvalue weighted by Gasteiger charge is 2.48. The lowest BCUT2D eigenvalue weighted by atomic mass is 9.36. The number of para-hydroxylation sites is 2. The van der Waals surface area contributed by atoms with Gasteiger partial charge in [-0.05, 0) is 131 Å². The summed E-state index contributed by atoms with van der Waals surface area (Å²) in [5.74, 6) is 0. The number of hydrogen-bond donors (Lipinski definition) is 0. The number of fused-ring (bicyclic) bond motifs is 14. The van der Waals surface area contributed by atoms with Crippen molar-refractivity contribution in [2.75, 3.05) is 4.90 Å². The van der Waals surface area contributed by atoms with E-state index in [0.717, 1.165) is 33.1 Å². The lowest BCUT2D eigenvalue weighted by Gasteiger charge is -2.39. The van der Waals surface area contributed by atoms with Gasteiger partial charge >= 0.3 is 0 Å². The molecule has 320 valence electrons. The maximum Gasteiger partial charge on any atom is 0.248 e. The Morgan fingerprint density at radius 3 is 1.78 bits per heavy atom. The zero-order valence-electron chi connectivity index (χ0n) is 39.2. The molecule has 2 aliphatic heterocycles. The predicted molar refractivity (Wildman–Crippen MR) is 283 cm³/mol. The fourth-order valence-electron chi connectivity index (χ4n) is 12.8. The van der Waals surface area contributed by atoms with Crippen LogP contribution in [0.1, 0.15) is 76.3 Å². The smallest absolute Gasteiger partial charge is 0.248 e. The average Bonchev–Trinajstić information content (AvgIpc) is 4.01. The third-order valence-electron chi connectivity index (χ3n) is 16.2. The number of hydrogen-bond acceptors (Lipinski definition) is 2. The van der Waals surface area contributed by atoms with Gasteiger partial charge in [-0.1, -0.05) is 187 Å². The van der Waals surface area contributed by atoms with Crippen molar-refractivity contribution in [2.24, 2.45) is 0 Å². The number of furan rings is 1. The van der Waals surface area contributed by atoms with Gasteiger partial charge in [0.1, 0.15) is 11.2 Å². The fraction of sp³-hybridized carbons (Fsp3) is 0.156. The Bertz CT molecular complexity index is 3800. The van der Waals surface area contributed by atoms with Crippen molar-refractivity contribution in [2.45, 2.75) is 64.7 Å². The first-order valence-electron chi connectivity index (χ1n) is 24.0. The molecular formula is C64H50BNO. The molecule has 0 amide bonds. The van der Waals surface area contributed by atoms with Crippen LogP contribution in [0.3, 0.4) is 0 Å². The van der Waals surface area contributed by atoms with E-state index in [2.05, 4.69) is 229 Å². The molecule has 14 rings (SSSR count). The van der Waals surface area contributed by atoms with Crippen LogP contribution in [0.5, 0.6) is 0 Å². The van der Waals surface area contributed by atoms with E-state index in [1.165, 1.54) is 106 Å². The summed E-state index contributed by atoms with van der Waals surface area (Å²) in [4.78, 5) is 2.65. The Hall–Kier alpha value is -7.36. The van der Waals surface area contributed by atoms with Gasteiger partial charge < -0.3 is 9.32 Å². The standard InChI is InChI=1S/C64H50BNO/c1-62(2,3)39-28-29-56(45(32-39)37-18-9-8-10-19-37)66-57-34-47-42-21-12-15-26-51(42)64(6,7)53(47)36-55(57)65-54-35-52-46(41-20-11-14-25-50(41)63(52,4)5)33-48(54)49-30-38(31-58(66)60(49)65)40-23-17-24-44-43-22-13-16-27-59(43)67-61(40)44/h8-36H,1-7H3. The largest absolute Gasteiger partial charge is 0.455 e. The van der Waals surface area contributed by atoms with Gasteiger partial charge in [-0.2, -0.15) is 0 Å². The summed E-state index contributed by atoms with van der Waals surface area (Å²) in [5.41, 5.74) is 28.9. The van der Waals surface area contributed by atoms with Crippen molar-refractivity contribution in [3.8, 4) is 55.6 Å². The maximum atomic E-state index is 6.84. The quantitative estimate of drug-likeness (QED) is 0.165. The molecule has 2 aliphatic carbocycles. The van der Waals surface area contributed by atoms with E-state index < -0.39 is 0 Å². The highest BCUT2D eigenvalue weighted by molar-refractivity contribution is 7.01. The topological polar surface area (TPSA) is 16.4 Å². The van der Waals surface area contributed by atoms with Crippen molar-refractivity contribution in [3.05, 3.63) is 204 Å². The van der Waals surface area contributed by atoms with Crippen molar-refractivity contribution >= 4 is 62.1 Å². The molecule has 0 radical (unpaired) electrons. The van der Waals surface area contributed by atoms with E-state index in [-0.39, 0.29) is 23.0 Å². The molecule has 0 saturated carbocycles. The zero-order valence-corrected chi connectivity index (χ0v) is 39.2. The van der Waals surface area contributed by atoms with Crippen LogP contribution in [0, 0.1) is 0 Å². The highest BCUT2D eigenvalue weighted by atomic mass is 16.3. The van der Waals surface area contributed by atoms with Gasteiger partial charge in [0.2, 0.25) is 6.71 Å². The molecule has 0 N–H and O–H groups in total. The molecule has 0 unspecified atom stereocenters. The normalized spacial score (nSPS) is 15.3. The van der Waals surface area contributed by atoms with E-state index in [1.807, 2.05) is 0 Å². The van der Waals surface area contributed by atoms with Crippen molar-refractivity contribution in [3.63, 3.8) is 0 Å². The summed E-state index contributed by atoms with van der Waals surface area (Å²) in [6, 6.07) is 66.9. The number of rotatable bonds is 3. The van der Waals surface area contributed by atoms with Crippen LogP contribution in [0.2, 0.25) is 0 Å². The average molecular weight is 860 g/mol.